The second-order valence-corrected chi connectivity index (χ2v) is 6.67. The summed E-state index contributed by atoms with van der Waals surface area (Å²) in [6, 6.07) is 8.28. The third-order valence-electron chi connectivity index (χ3n) is 4.51. The normalized spacial score (nSPS) is 25.1. The van der Waals surface area contributed by atoms with E-state index in [-0.39, 0.29) is 6.04 Å². The lowest BCUT2D eigenvalue weighted by Crippen LogP contribution is -2.36. The van der Waals surface area contributed by atoms with E-state index in [1.165, 1.54) is 5.56 Å². The highest BCUT2D eigenvalue weighted by molar-refractivity contribution is 6.31. The fourth-order valence-corrected chi connectivity index (χ4v) is 3.67. The van der Waals surface area contributed by atoms with Gasteiger partial charge in [0, 0.05) is 6.04 Å². The van der Waals surface area contributed by atoms with Crippen molar-refractivity contribution in [1.82, 2.24) is 9.78 Å². The molecule has 1 aromatic carbocycles. The van der Waals surface area contributed by atoms with Gasteiger partial charge in [-0.05, 0) is 43.7 Å². The third-order valence-corrected chi connectivity index (χ3v) is 4.78. The van der Waals surface area contributed by atoms with Gasteiger partial charge in [0.2, 0.25) is 0 Å². The molecule has 21 heavy (non-hydrogen) atoms. The zero-order valence-electron chi connectivity index (χ0n) is 12.7. The SMILES string of the molecule is CC1CCC(O)(c2c(Cl)cnn2C(C)C)c2ccccc21. The van der Waals surface area contributed by atoms with Crippen LogP contribution in [-0.4, -0.2) is 14.9 Å². The predicted molar refractivity (Wildman–Crippen MR) is 84.7 cm³/mol. The Balaban J connectivity index is 2.23. The summed E-state index contributed by atoms with van der Waals surface area (Å²) in [6.07, 6.45) is 3.24. The first-order valence-electron chi connectivity index (χ1n) is 7.50. The number of rotatable bonds is 2. The third kappa shape index (κ3) is 2.19. The van der Waals surface area contributed by atoms with E-state index in [2.05, 4.69) is 18.1 Å². The molecule has 0 amide bonds. The van der Waals surface area contributed by atoms with Gasteiger partial charge in [0.05, 0.1) is 16.9 Å². The lowest BCUT2D eigenvalue weighted by atomic mass is 9.73. The maximum absolute atomic E-state index is 11.5. The molecule has 1 heterocycles. The molecule has 1 aromatic heterocycles. The van der Waals surface area contributed by atoms with Crippen molar-refractivity contribution < 1.29 is 5.11 Å². The van der Waals surface area contributed by atoms with Crippen molar-refractivity contribution >= 4 is 11.6 Å². The van der Waals surface area contributed by atoms with E-state index in [4.69, 9.17) is 11.6 Å². The molecular weight excluding hydrogens is 284 g/mol. The molecule has 112 valence electrons. The van der Waals surface area contributed by atoms with Crippen molar-refractivity contribution in [1.29, 1.82) is 0 Å². The van der Waals surface area contributed by atoms with E-state index in [0.29, 0.717) is 17.4 Å². The van der Waals surface area contributed by atoms with Gasteiger partial charge in [-0.25, -0.2) is 0 Å². The Kier molecular flexibility index (Phi) is 3.58. The minimum Gasteiger partial charge on any atom is -0.379 e. The summed E-state index contributed by atoms with van der Waals surface area (Å²) in [5.74, 6) is 0.454. The Morgan fingerprint density at radius 2 is 2.10 bits per heavy atom. The van der Waals surface area contributed by atoms with Crippen molar-refractivity contribution in [2.45, 2.75) is 51.2 Å². The van der Waals surface area contributed by atoms with Crippen LogP contribution >= 0.6 is 11.6 Å². The van der Waals surface area contributed by atoms with Crippen LogP contribution < -0.4 is 0 Å². The van der Waals surface area contributed by atoms with E-state index in [0.717, 1.165) is 17.7 Å². The van der Waals surface area contributed by atoms with E-state index >= 15 is 0 Å². The fourth-order valence-electron chi connectivity index (χ4n) is 3.38. The molecule has 2 atom stereocenters. The first kappa shape index (κ1) is 14.6. The lowest BCUT2D eigenvalue weighted by Gasteiger charge is -2.38. The second-order valence-electron chi connectivity index (χ2n) is 6.27. The highest BCUT2D eigenvalue weighted by atomic mass is 35.5. The molecule has 3 rings (SSSR count). The molecule has 0 bridgehead atoms. The van der Waals surface area contributed by atoms with Gasteiger partial charge in [0.15, 0.2) is 0 Å². The fraction of sp³-hybridized carbons (Fsp3) is 0.471. The second kappa shape index (κ2) is 5.15. The van der Waals surface area contributed by atoms with E-state index in [9.17, 15) is 5.11 Å². The Hall–Kier alpha value is -1.32. The molecule has 0 saturated carbocycles. The first-order chi connectivity index (χ1) is 9.95. The quantitative estimate of drug-likeness (QED) is 0.900. The highest BCUT2D eigenvalue weighted by Crippen LogP contribution is 2.47. The largest absolute Gasteiger partial charge is 0.379 e. The lowest BCUT2D eigenvalue weighted by molar-refractivity contribution is 0.0476. The summed E-state index contributed by atoms with van der Waals surface area (Å²) >= 11 is 6.37. The molecule has 3 nitrogen and oxygen atoms in total. The van der Waals surface area contributed by atoms with Gasteiger partial charge in [-0.3, -0.25) is 4.68 Å². The van der Waals surface area contributed by atoms with E-state index < -0.39 is 5.60 Å². The molecule has 0 saturated heterocycles. The number of benzene rings is 1. The van der Waals surface area contributed by atoms with Gasteiger partial charge in [0.1, 0.15) is 5.60 Å². The van der Waals surface area contributed by atoms with Crippen LogP contribution in [0.1, 0.15) is 62.4 Å². The topological polar surface area (TPSA) is 38.1 Å². The molecule has 0 spiro atoms. The summed E-state index contributed by atoms with van der Waals surface area (Å²) in [6.45, 7) is 6.31. The van der Waals surface area contributed by atoms with Crippen molar-refractivity contribution in [3.8, 4) is 0 Å². The molecule has 1 aliphatic carbocycles. The van der Waals surface area contributed by atoms with Crippen LogP contribution in [0.2, 0.25) is 5.02 Å². The van der Waals surface area contributed by atoms with Gasteiger partial charge >= 0.3 is 0 Å². The van der Waals surface area contributed by atoms with Crippen LogP contribution in [0, 0.1) is 0 Å². The number of hydrogen-bond donors (Lipinski definition) is 1. The Bertz CT molecular complexity index is 665. The van der Waals surface area contributed by atoms with Gasteiger partial charge in [0.25, 0.3) is 0 Å². The smallest absolute Gasteiger partial charge is 0.133 e. The van der Waals surface area contributed by atoms with Crippen molar-refractivity contribution in [3.05, 3.63) is 52.3 Å². The van der Waals surface area contributed by atoms with Gasteiger partial charge in [-0.15, -0.1) is 0 Å². The van der Waals surface area contributed by atoms with Crippen LogP contribution in [-0.2, 0) is 5.60 Å². The van der Waals surface area contributed by atoms with Gasteiger partial charge in [-0.2, -0.15) is 5.10 Å². The molecular formula is C17H21ClN2O. The molecule has 2 aromatic rings. The summed E-state index contributed by atoms with van der Waals surface area (Å²) in [5.41, 5.74) is 1.84. The van der Waals surface area contributed by atoms with Crippen molar-refractivity contribution in [3.63, 3.8) is 0 Å². The van der Waals surface area contributed by atoms with Crippen LogP contribution in [0.4, 0.5) is 0 Å². The zero-order valence-corrected chi connectivity index (χ0v) is 13.4. The maximum Gasteiger partial charge on any atom is 0.133 e. The average molecular weight is 305 g/mol. The predicted octanol–water partition coefficient (Wildman–Crippen LogP) is 4.25. The molecule has 2 unspecified atom stereocenters. The summed E-state index contributed by atoms with van der Waals surface area (Å²) in [7, 11) is 0. The average Bonchev–Trinajstić information content (AvgIpc) is 2.86. The van der Waals surface area contributed by atoms with Crippen LogP contribution in [0.5, 0.6) is 0 Å². The maximum atomic E-state index is 11.5. The monoisotopic (exact) mass is 304 g/mol. The summed E-state index contributed by atoms with van der Waals surface area (Å²) < 4.78 is 1.84. The Labute approximate surface area is 130 Å². The molecule has 1 N–H and O–H groups in total. The number of nitrogens with zero attached hydrogens (tertiary/aromatic N) is 2. The minimum absolute atomic E-state index is 0.156. The number of aromatic nitrogens is 2. The van der Waals surface area contributed by atoms with Crippen LogP contribution in [0.15, 0.2) is 30.5 Å². The number of fused-ring (bicyclic) bond motifs is 1. The number of hydrogen-bond acceptors (Lipinski definition) is 2. The highest BCUT2D eigenvalue weighted by Gasteiger charge is 2.42. The van der Waals surface area contributed by atoms with Crippen LogP contribution in [0.25, 0.3) is 0 Å². The molecule has 0 fully saturated rings. The molecule has 4 heteroatoms. The molecule has 0 aliphatic heterocycles. The van der Waals surface area contributed by atoms with E-state index in [1.54, 1.807) is 6.20 Å². The van der Waals surface area contributed by atoms with Crippen LogP contribution in [0.3, 0.4) is 0 Å². The Morgan fingerprint density at radius 1 is 1.38 bits per heavy atom. The minimum atomic E-state index is -1.05. The van der Waals surface area contributed by atoms with Crippen molar-refractivity contribution in [2.24, 2.45) is 0 Å². The van der Waals surface area contributed by atoms with Crippen molar-refractivity contribution in [2.75, 3.05) is 0 Å². The van der Waals surface area contributed by atoms with Gasteiger partial charge < -0.3 is 5.11 Å². The summed E-state index contributed by atoms with van der Waals surface area (Å²) in [5, 5.41) is 16.4. The van der Waals surface area contributed by atoms with E-state index in [1.807, 2.05) is 36.7 Å². The number of aliphatic hydroxyl groups is 1. The Morgan fingerprint density at radius 3 is 2.81 bits per heavy atom. The van der Waals surface area contributed by atoms with Gasteiger partial charge in [-0.1, -0.05) is 42.8 Å². The number of halogens is 1. The molecule has 1 aliphatic rings. The standard InChI is InChI=1S/C17H21ClN2O/c1-11(2)20-16(15(18)10-19-20)17(21)9-8-12(3)13-6-4-5-7-14(13)17/h4-7,10-12,21H,8-9H2,1-3H3. The zero-order chi connectivity index (χ0) is 15.2. The summed E-state index contributed by atoms with van der Waals surface area (Å²) in [4.78, 5) is 0. The molecule has 0 radical (unpaired) electrons. The first-order valence-corrected chi connectivity index (χ1v) is 7.88.